The summed E-state index contributed by atoms with van der Waals surface area (Å²) in [5.41, 5.74) is 1.83. The lowest BCUT2D eigenvalue weighted by atomic mass is 10.2. The van der Waals surface area contributed by atoms with Crippen molar-refractivity contribution >= 4 is 17.1 Å². The summed E-state index contributed by atoms with van der Waals surface area (Å²) in [5, 5.41) is 17.0. The summed E-state index contributed by atoms with van der Waals surface area (Å²) in [6.07, 6.45) is 1.69. The monoisotopic (exact) mass is 258 g/mol. The molecular formula is C13H14N4O2. The minimum absolute atomic E-state index is 0.0425. The molecule has 2 N–H and O–H groups in total. The van der Waals surface area contributed by atoms with Crippen molar-refractivity contribution < 1.29 is 4.92 Å². The van der Waals surface area contributed by atoms with Crippen molar-refractivity contribution in [2.24, 2.45) is 0 Å². The molecule has 0 unspecified atom stereocenters. The molecule has 0 saturated carbocycles. The predicted octanol–water partition coefficient (Wildman–Crippen LogP) is 2.64. The minimum Gasteiger partial charge on any atom is -0.382 e. The van der Waals surface area contributed by atoms with Crippen LogP contribution in [0.15, 0.2) is 42.6 Å². The van der Waals surface area contributed by atoms with Crippen molar-refractivity contribution in [3.05, 3.63) is 58.4 Å². The Balaban J connectivity index is 2.23. The highest BCUT2D eigenvalue weighted by Crippen LogP contribution is 2.32. The zero-order valence-electron chi connectivity index (χ0n) is 10.5. The van der Waals surface area contributed by atoms with Gasteiger partial charge in [0.25, 0.3) is 0 Å². The number of nitrogens with one attached hydrogen (secondary N) is 2. The van der Waals surface area contributed by atoms with Crippen LogP contribution in [0.25, 0.3) is 0 Å². The van der Waals surface area contributed by atoms with Crippen molar-refractivity contribution in [2.45, 2.75) is 6.54 Å². The Kier molecular flexibility index (Phi) is 3.92. The van der Waals surface area contributed by atoms with E-state index in [0.717, 1.165) is 5.69 Å². The number of benzene rings is 1. The largest absolute Gasteiger partial charge is 0.382 e. The molecule has 1 aromatic carbocycles. The molecule has 0 spiro atoms. The molecule has 0 aliphatic heterocycles. The lowest BCUT2D eigenvalue weighted by Gasteiger charge is -2.09. The van der Waals surface area contributed by atoms with E-state index in [4.69, 9.17) is 0 Å². The number of rotatable bonds is 5. The van der Waals surface area contributed by atoms with Gasteiger partial charge < -0.3 is 10.6 Å². The number of anilines is 2. The minimum atomic E-state index is -0.396. The van der Waals surface area contributed by atoms with Gasteiger partial charge in [-0.3, -0.25) is 15.1 Å². The number of aromatic nitrogens is 1. The molecule has 0 fully saturated rings. The summed E-state index contributed by atoms with van der Waals surface area (Å²) >= 11 is 0. The summed E-state index contributed by atoms with van der Waals surface area (Å²) < 4.78 is 0. The van der Waals surface area contributed by atoms with Gasteiger partial charge in [-0.15, -0.1) is 0 Å². The van der Waals surface area contributed by atoms with Gasteiger partial charge in [-0.25, -0.2) is 0 Å². The molecule has 6 heteroatoms. The van der Waals surface area contributed by atoms with Crippen LogP contribution >= 0.6 is 0 Å². The van der Waals surface area contributed by atoms with Crippen molar-refractivity contribution in [3.8, 4) is 0 Å². The number of nitro benzene ring substituents is 1. The first-order chi connectivity index (χ1) is 9.22. The molecule has 6 nitrogen and oxygen atoms in total. The molecule has 0 aliphatic rings. The number of hydrogen-bond donors (Lipinski definition) is 2. The number of nitro groups is 1. The highest BCUT2D eigenvalue weighted by atomic mass is 16.6. The van der Waals surface area contributed by atoms with Crippen LogP contribution in [-0.2, 0) is 6.54 Å². The summed E-state index contributed by atoms with van der Waals surface area (Å²) in [7, 11) is 1.66. The molecule has 0 bridgehead atoms. The molecule has 1 heterocycles. The van der Waals surface area contributed by atoms with E-state index in [1.54, 1.807) is 31.4 Å². The van der Waals surface area contributed by atoms with Gasteiger partial charge in [0.2, 0.25) is 0 Å². The van der Waals surface area contributed by atoms with Gasteiger partial charge in [0.05, 0.1) is 17.2 Å². The Morgan fingerprint density at radius 2 is 2.00 bits per heavy atom. The zero-order chi connectivity index (χ0) is 13.7. The van der Waals surface area contributed by atoms with Crippen LogP contribution in [0.5, 0.6) is 0 Å². The highest BCUT2D eigenvalue weighted by Gasteiger charge is 2.18. The topological polar surface area (TPSA) is 80.1 Å². The average molecular weight is 258 g/mol. The van der Waals surface area contributed by atoms with Gasteiger partial charge in [-0.2, -0.15) is 0 Å². The first-order valence-corrected chi connectivity index (χ1v) is 5.81. The Morgan fingerprint density at radius 1 is 1.21 bits per heavy atom. The van der Waals surface area contributed by atoms with E-state index in [1.165, 1.54) is 0 Å². The number of pyridine rings is 1. The molecule has 19 heavy (non-hydrogen) atoms. The molecule has 0 amide bonds. The normalized spacial score (nSPS) is 9.95. The maximum Gasteiger partial charge on any atom is 0.315 e. The second-order valence-corrected chi connectivity index (χ2v) is 3.88. The van der Waals surface area contributed by atoms with Crippen molar-refractivity contribution in [3.63, 3.8) is 0 Å². The fourth-order valence-corrected chi connectivity index (χ4v) is 1.77. The second-order valence-electron chi connectivity index (χ2n) is 3.88. The Morgan fingerprint density at radius 3 is 2.63 bits per heavy atom. The zero-order valence-corrected chi connectivity index (χ0v) is 10.5. The third kappa shape index (κ3) is 2.98. The molecule has 0 atom stereocenters. The van der Waals surface area contributed by atoms with E-state index < -0.39 is 4.92 Å². The first-order valence-electron chi connectivity index (χ1n) is 5.81. The lowest BCUT2D eigenvalue weighted by Crippen LogP contribution is -2.05. The van der Waals surface area contributed by atoms with Gasteiger partial charge in [0.15, 0.2) is 0 Å². The smallest absolute Gasteiger partial charge is 0.315 e. The molecule has 0 saturated heterocycles. The van der Waals surface area contributed by atoms with E-state index in [1.807, 2.05) is 18.2 Å². The highest BCUT2D eigenvalue weighted by molar-refractivity contribution is 5.75. The summed E-state index contributed by atoms with van der Waals surface area (Å²) in [6.45, 7) is 0.439. The Bertz CT molecular complexity index is 572. The third-order valence-corrected chi connectivity index (χ3v) is 2.67. The van der Waals surface area contributed by atoms with Gasteiger partial charge in [-0.1, -0.05) is 12.1 Å². The quantitative estimate of drug-likeness (QED) is 0.636. The number of nitrogens with zero attached hydrogens (tertiary/aromatic N) is 2. The van der Waals surface area contributed by atoms with E-state index >= 15 is 0 Å². The predicted molar refractivity (Wildman–Crippen MR) is 74.2 cm³/mol. The first kappa shape index (κ1) is 12.8. The summed E-state index contributed by atoms with van der Waals surface area (Å²) in [6, 6.07) is 10.7. The van der Waals surface area contributed by atoms with Crippen molar-refractivity contribution in [1.29, 1.82) is 0 Å². The molecule has 1 aromatic heterocycles. The maximum atomic E-state index is 11.1. The molecule has 2 rings (SSSR count). The van der Waals surface area contributed by atoms with Crippen LogP contribution in [0, 0.1) is 10.1 Å². The van der Waals surface area contributed by atoms with Crippen LogP contribution in [0.3, 0.4) is 0 Å². The second kappa shape index (κ2) is 5.81. The lowest BCUT2D eigenvalue weighted by molar-refractivity contribution is -0.383. The molecule has 0 aliphatic carbocycles. The van der Waals surface area contributed by atoms with E-state index in [2.05, 4.69) is 15.6 Å². The fraction of sp³-hybridized carbons (Fsp3) is 0.154. The number of para-hydroxylation sites is 1. The maximum absolute atomic E-state index is 11.1. The van der Waals surface area contributed by atoms with E-state index in [-0.39, 0.29) is 5.69 Å². The van der Waals surface area contributed by atoms with Crippen LogP contribution in [0.4, 0.5) is 17.1 Å². The molecular weight excluding hydrogens is 244 g/mol. The molecule has 0 radical (unpaired) electrons. The van der Waals surface area contributed by atoms with Gasteiger partial charge in [-0.05, 0) is 24.3 Å². The van der Waals surface area contributed by atoms with Crippen LogP contribution in [-0.4, -0.2) is 17.0 Å². The SMILES string of the molecule is CNc1cccc(NCc2ccccn2)c1[N+](=O)[O-]. The third-order valence-electron chi connectivity index (χ3n) is 2.67. The fourth-order valence-electron chi connectivity index (χ4n) is 1.77. The van der Waals surface area contributed by atoms with Crippen molar-refractivity contribution in [1.82, 2.24) is 4.98 Å². The summed E-state index contributed by atoms with van der Waals surface area (Å²) in [4.78, 5) is 14.9. The molecule has 2 aromatic rings. The van der Waals surface area contributed by atoms with Gasteiger partial charge >= 0.3 is 5.69 Å². The Labute approximate surface area is 110 Å². The molecule has 98 valence electrons. The van der Waals surface area contributed by atoms with E-state index in [9.17, 15) is 10.1 Å². The summed E-state index contributed by atoms with van der Waals surface area (Å²) in [5.74, 6) is 0. The van der Waals surface area contributed by atoms with Crippen LogP contribution in [0.1, 0.15) is 5.69 Å². The average Bonchev–Trinajstić information content (AvgIpc) is 2.45. The van der Waals surface area contributed by atoms with Crippen LogP contribution in [0.2, 0.25) is 0 Å². The Hall–Kier alpha value is -2.63. The van der Waals surface area contributed by atoms with E-state index in [0.29, 0.717) is 17.9 Å². The van der Waals surface area contributed by atoms with Crippen molar-refractivity contribution in [2.75, 3.05) is 17.7 Å². The standard InChI is InChI=1S/C13H14N4O2/c1-14-11-6-4-7-12(13(11)17(18)19)16-9-10-5-2-3-8-15-10/h2-8,14,16H,9H2,1H3. The van der Waals surface area contributed by atoms with Crippen LogP contribution < -0.4 is 10.6 Å². The van der Waals surface area contributed by atoms with Gasteiger partial charge in [0, 0.05) is 13.2 Å². The number of hydrogen-bond acceptors (Lipinski definition) is 5. The van der Waals surface area contributed by atoms with Gasteiger partial charge in [0.1, 0.15) is 11.4 Å².